The summed E-state index contributed by atoms with van der Waals surface area (Å²) in [6, 6.07) is 38.6. The van der Waals surface area contributed by atoms with Gasteiger partial charge in [-0.3, -0.25) is 0 Å². The molecule has 0 unspecified atom stereocenters. The molecule has 1 aliphatic rings. The molecule has 0 N–H and O–H groups in total. The van der Waals surface area contributed by atoms with Crippen LogP contribution in [0.15, 0.2) is 102 Å². The fourth-order valence-corrected chi connectivity index (χ4v) is 6.55. The first-order valence-electron chi connectivity index (χ1n) is 16.4. The number of amidine groups is 1. The minimum absolute atomic E-state index is 0. The molecule has 0 fully saturated rings. The van der Waals surface area contributed by atoms with E-state index in [1.54, 1.807) is 0 Å². The Hall–Kier alpha value is -4.21. The summed E-state index contributed by atoms with van der Waals surface area (Å²) in [5.41, 5.74) is 6.92. The second-order valence-corrected chi connectivity index (χ2v) is 13.1. The number of hydrogen-bond acceptors (Lipinski definition) is 4. The molecular formula is C41H40N4OPt. The maximum Gasteiger partial charge on any atom is 2.00 e. The molecule has 6 aromatic rings. The Labute approximate surface area is 292 Å². The molecule has 0 saturated carbocycles. The van der Waals surface area contributed by atoms with Crippen LogP contribution in [0.1, 0.15) is 70.1 Å². The zero-order valence-electron chi connectivity index (χ0n) is 27.8. The van der Waals surface area contributed by atoms with E-state index in [2.05, 4.69) is 123 Å². The maximum atomic E-state index is 6.49. The minimum atomic E-state index is 0. The van der Waals surface area contributed by atoms with Crippen LogP contribution in [0.4, 0.5) is 5.69 Å². The molecule has 0 spiro atoms. The molecule has 240 valence electrons. The number of nitrogens with zero attached hydrogens (tertiary/aromatic N) is 4. The third kappa shape index (κ3) is 6.14. The van der Waals surface area contributed by atoms with Gasteiger partial charge in [0.05, 0.1) is 11.9 Å². The number of ether oxygens (including phenoxy) is 1. The third-order valence-corrected chi connectivity index (χ3v) is 8.96. The number of aliphatic imine (C=N–C) groups is 1. The average molecular weight is 800 g/mol. The van der Waals surface area contributed by atoms with Crippen molar-refractivity contribution in [3.05, 3.63) is 126 Å². The molecule has 1 aliphatic heterocycles. The number of hydrogen-bond donors (Lipinski definition) is 0. The van der Waals surface area contributed by atoms with Gasteiger partial charge in [0.15, 0.2) is 0 Å². The van der Waals surface area contributed by atoms with Crippen molar-refractivity contribution in [2.24, 2.45) is 10.9 Å². The molecule has 4 aromatic carbocycles. The van der Waals surface area contributed by atoms with Crippen LogP contribution in [0.5, 0.6) is 11.5 Å². The van der Waals surface area contributed by atoms with Crippen LogP contribution in [0.2, 0.25) is 0 Å². The van der Waals surface area contributed by atoms with Gasteiger partial charge in [-0.25, -0.2) is 4.98 Å². The fraction of sp³-hybridized carbons (Fsp3) is 0.268. The van der Waals surface area contributed by atoms with Crippen molar-refractivity contribution < 1.29 is 25.8 Å². The largest absolute Gasteiger partial charge is 2.00 e. The average Bonchev–Trinajstić information content (AvgIpc) is 3.65. The number of rotatable bonds is 8. The molecular weight excluding hydrogens is 760 g/mol. The van der Waals surface area contributed by atoms with Crippen LogP contribution in [-0.4, -0.2) is 28.0 Å². The van der Waals surface area contributed by atoms with Gasteiger partial charge < -0.3 is 19.2 Å². The van der Waals surface area contributed by atoms with Crippen LogP contribution in [0.25, 0.3) is 27.6 Å². The van der Waals surface area contributed by atoms with E-state index in [-0.39, 0.29) is 27.1 Å². The van der Waals surface area contributed by atoms with Crippen LogP contribution >= 0.6 is 0 Å². The van der Waals surface area contributed by atoms with E-state index in [4.69, 9.17) is 9.73 Å². The molecule has 1 atom stereocenters. The van der Waals surface area contributed by atoms with Crippen LogP contribution in [0, 0.1) is 18.1 Å². The Kier molecular flexibility index (Phi) is 9.39. The van der Waals surface area contributed by atoms with Crippen molar-refractivity contribution in [2.45, 2.75) is 59.4 Å². The van der Waals surface area contributed by atoms with Crippen molar-refractivity contribution in [1.82, 2.24) is 9.55 Å². The Morgan fingerprint density at radius 3 is 2.13 bits per heavy atom. The number of fused-ring (bicyclic) bond motifs is 3. The van der Waals surface area contributed by atoms with E-state index in [9.17, 15) is 0 Å². The summed E-state index contributed by atoms with van der Waals surface area (Å²) in [4.78, 5) is 12.4. The Morgan fingerprint density at radius 2 is 1.43 bits per heavy atom. The summed E-state index contributed by atoms with van der Waals surface area (Å²) in [5.74, 6) is 4.24. The second kappa shape index (κ2) is 13.5. The maximum absolute atomic E-state index is 6.49. The summed E-state index contributed by atoms with van der Waals surface area (Å²) in [5, 5.41) is 2.26. The Balaban J connectivity index is 0.00000386. The first kappa shape index (κ1) is 32.7. The first-order valence-corrected chi connectivity index (χ1v) is 16.4. The predicted molar refractivity (Wildman–Crippen MR) is 190 cm³/mol. The summed E-state index contributed by atoms with van der Waals surface area (Å²) < 4.78 is 8.64. The molecule has 0 bridgehead atoms. The molecule has 6 heteroatoms. The van der Waals surface area contributed by atoms with E-state index in [1.807, 2.05) is 42.6 Å². The summed E-state index contributed by atoms with van der Waals surface area (Å²) in [6.07, 6.45) is 1.82. The summed E-state index contributed by atoms with van der Waals surface area (Å²) >= 11 is 0. The van der Waals surface area contributed by atoms with Crippen molar-refractivity contribution in [1.29, 1.82) is 0 Å². The topological polar surface area (TPSA) is 42.6 Å². The number of anilines is 1. The number of para-hydroxylation sites is 2. The zero-order valence-corrected chi connectivity index (χ0v) is 30.0. The molecule has 47 heavy (non-hydrogen) atoms. The van der Waals surface area contributed by atoms with Crippen LogP contribution in [-0.2, 0) is 21.1 Å². The van der Waals surface area contributed by atoms with Gasteiger partial charge in [0.25, 0.3) is 0 Å². The summed E-state index contributed by atoms with van der Waals surface area (Å²) in [7, 11) is 0. The van der Waals surface area contributed by atoms with Crippen LogP contribution < -0.4 is 9.64 Å². The number of aromatic nitrogens is 2. The normalized spacial score (nSPS) is 14.8. The number of pyridine rings is 1. The standard InChI is InChI=1S/C41H40N4O.Pt/c1-26(2)32-16-12-17-33(27(3)4)40(32)44-25-36(28(5)6)43-41(44)29-13-11-14-30(23-29)46-31-20-21-35-34-15-7-8-18-37(34)45(38(35)24-31)39-19-9-10-22-42-39;/h7-22,26-28,36H,25H2,1-6H3;/q-2;+2/t36-;/m0./s1. The third-order valence-electron chi connectivity index (χ3n) is 8.96. The van der Waals surface area contributed by atoms with E-state index in [1.165, 1.54) is 16.8 Å². The molecule has 0 aliphatic carbocycles. The van der Waals surface area contributed by atoms with E-state index in [0.717, 1.165) is 45.6 Å². The van der Waals surface area contributed by atoms with Crippen molar-refractivity contribution in [3.63, 3.8) is 0 Å². The van der Waals surface area contributed by atoms with Gasteiger partial charge in [0.1, 0.15) is 5.82 Å². The van der Waals surface area contributed by atoms with Gasteiger partial charge in [-0.05, 0) is 52.5 Å². The molecule has 0 radical (unpaired) electrons. The quantitative estimate of drug-likeness (QED) is 0.144. The van der Waals surface area contributed by atoms with Gasteiger partial charge in [-0.15, -0.1) is 41.3 Å². The van der Waals surface area contributed by atoms with E-state index in [0.29, 0.717) is 29.3 Å². The Morgan fingerprint density at radius 1 is 0.723 bits per heavy atom. The van der Waals surface area contributed by atoms with E-state index < -0.39 is 0 Å². The van der Waals surface area contributed by atoms with Crippen LogP contribution in [0.3, 0.4) is 0 Å². The van der Waals surface area contributed by atoms with Gasteiger partial charge in [0, 0.05) is 35.4 Å². The predicted octanol–water partition coefficient (Wildman–Crippen LogP) is 10.1. The number of benzene rings is 4. The molecule has 0 saturated heterocycles. The Bertz CT molecular complexity index is 2040. The monoisotopic (exact) mass is 799 g/mol. The minimum Gasteiger partial charge on any atom is -0.503 e. The molecule has 3 heterocycles. The van der Waals surface area contributed by atoms with Gasteiger partial charge in [0.2, 0.25) is 0 Å². The fourth-order valence-electron chi connectivity index (χ4n) is 6.55. The van der Waals surface area contributed by atoms with Gasteiger partial charge in [-0.1, -0.05) is 95.6 Å². The zero-order chi connectivity index (χ0) is 31.9. The summed E-state index contributed by atoms with van der Waals surface area (Å²) in [6.45, 7) is 14.5. The molecule has 2 aromatic heterocycles. The first-order chi connectivity index (χ1) is 22.3. The van der Waals surface area contributed by atoms with Crippen molar-refractivity contribution in [3.8, 4) is 17.3 Å². The molecule has 5 nitrogen and oxygen atoms in total. The van der Waals surface area contributed by atoms with E-state index >= 15 is 0 Å². The van der Waals surface area contributed by atoms with Crippen molar-refractivity contribution in [2.75, 3.05) is 11.4 Å². The smallest absolute Gasteiger partial charge is 0.503 e. The van der Waals surface area contributed by atoms with Crippen molar-refractivity contribution >= 4 is 33.3 Å². The SMILES string of the molecule is CC(C)c1cccc(C(C)C)c1N1C[C@@H](C(C)C)N=C1c1[c-]c(Oc2[c-]c3c(cc2)c2ccccc2n3-c2ccccn2)ccc1.[Pt+2]. The molecule has 7 rings (SSSR count). The van der Waals surface area contributed by atoms with Gasteiger partial charge in [-0.2, -0.15) is 6.07 Å². The van der Waals surface area contributed by atoms with Gasteiger partial charge >= 0.3 is 21.1 Å². The second-order valence-electron chi connectivity index (χ2n) is 13.1. The molecule has 0 amide bonds.